The van der Waals surface area contributed by atoms with Gasteiger partial charge in [-0.3, -0.25) is 0 Å². The molecule has 0 amide bonds. The van der Waals surface area contributed by atoms with E-state index in [9.17, 15) is 18.0 Å². The van der Waals surface area contributed by atoms with Crippen LogP contribution in [0.3, 0.4) is 0 Å². The summed E-state index contributed by atoms with van der Waals surface area (Å²) < 4.78 is 42.2. The number of hydrogen-bond acceptors (Lipinski definition) is 3. The number of carbonyl (C=O) groups is 1. The predicted molar refractivity (Wildman–Crippen MR) is 76.4 cm³/mol. The van der Waals surface area contributed by atoms with Crippen LogP contribution in [0.4, 0.5) is 18.9 Å². The minimum Gasteiger partial charge on any atom is -0.465 e. The Morgan fingerprint density at radius 3 is 2.32 bits per heavy atom. The minimum atomic E-state index is -4.36. The molecule has 0 radical (unpaired) electrons. The van der Waals surface area contributed by atoms with Gasteiger partial charge in [0.25, 0.3) is 0 Å². The van der Waals surface area contributed by atoms with Crippen molar-refractivity contribution < 1.29 is 22.7 Å². The number of halogens is 3. The van der Waals surface area contributed by atoms with Gasteiger partial charge in [-0.25, -0.2) is 4.79 Å². The smallest absolute Gasteiger partial charge is 0.416 e. The Kier molecular flexibility index (Phi) is 4.40. The highest BCUT2D eigenvalue weighted by atomic mass is 19.4. The van der Waals surface area contributed by atoms with Gasteiger partial charge in [-0.1, -0.05) is 24.3 Å². The van der Waals surface area contributed by atoms with E-state index in [4.69, 9.17) is 5.73 Å². The fourth-order valence-electron chi connectivity index (χ4n) is 2.09. The average molecular weight is 309 g/mol. The highest BCUT2D eigenvalue weighted by Gasteiger charge is 2.29. The summed E-state index contributed by atoms with van der Waals surface area (Å²) in [5, 5.41) is 0. The van der Waals surface area contributed by atoms with Crippen molar-refractivity contribution in [2.45, 2.75) is 12.6 Å². The van der Waals surface area contributed by atoms with E-state index in [0.717, 1.165) is 12.1 Å². The maximum absolute atomic E-state index is 12.5. The largest absolute Gasteiger partial charge is 0.465 e. The Labute approximate surface area is 125 Å². The molecule has 116 valence electrons. The van der Waals surface area contributed by atoms with Crippen LogP contribution in [0.1, 0.15) is 27.0 Å². The van der Waals surface area contributed by atoms with Crippen molar-refractivity contribution in [3.63, 3.8) is 0 Å². The van der Waals surface area contributed by atoms with Crippen LogP contribution in [0.5, 0.6) is 0 Å². The molecule has 0 aliphatic heterocycles. The number of hydrogen-bond donors (Lipinski definition) is 1. The number of para-hydroxylation sites is 1. The molecule has 0 spiro atoms. The van der Waals surface area contributed by atoms with E-state index in [-0.39, 0.29) is 11.3 Å². The molecule has 6 heteroatoms. The van der Waals surface area contributed by atoms with Crippen molar-refractivity contribution >= 4 is 11.7 Å². The molecule has 0 saturated heterocycles. The van der Waals surface area contributed by atoms with E-state index in [1.807, 2.05) is 0 Å². The highest BCUT2D eigenvalue weighted by Crippen LogP contribution is 2.29. The number of alkyl halides is 3. The lowest BCUT2D eigenvalue weighted by molar-refractivity contribution is -0.137. The summed E-state index contributed by atoms with van der Waals surface area (Å²) in [7, 11) is 1.25. The Hall–Kier alpha value is -2.50. The lowest BCUT2D eigenvalue weighted by Gasteiger charge is -2.11. The highest BCUT2D eigenvalue weighted by molar-refractivity contribution is 5.95. The first-order valence-corrected chi connectivity index (χ1v) is 6.44. The molecule has 0 saturated carbocycles. The zero-order valence-corrected chi connectivity index (χ0v) is 11.8. The van der Waals surface area contributed by atoms with Crippen molar-refractivity contribution in [3.05, 3.63) is 64.7 Å². The van der Waals surface area contributed by atoms with Crippen LogP contribution in [-0.4, -0.2) is 13.1 Å². The van der Waals surface area contributed by atoms with Gasteiger partial charge >= 0.3 is 12.1 Å². The predicted octanol–water partition coefficient (Wildman–Crippen LogP) is 3.67. The van der Waals surface area contributed by atoms with Crippen LogP contribution < -0.4 is 5.73 Å². The van der Waals surface area contributed by atoms with Crippen molar-refractivity contribution in [1.82, 2.24) is 0 Å². The summed E-state index contributed by atoms with van der Waals surface area (Å²) in [4.78, 5) is 11.6. The van der Waals surface area contributed by atoms with E-state index < -0.39 is 17.7 Å². The van der Waals surface area contributed by atoms with Crippen LogP contribution in [0.2, 0.25) is 0 Å². The average Bonchev–Trinajstić information content (AvgIpc) is 2.48. The van der Waals surface area contributed by atoms with Gasteiger partial charge in [0, 0.05) is 5.69 Å². The topological polar surface area (TPSA) is 52.3 Å². The van der Waals surface area contributed by atoms with E-state index in [0.29, 0.717) is 17.5 Å². The van der Waals surface area contributed by atoms with Crippen LogP contribution in [0.15, 0.2) is 42.5 Å². The van der Waals surface area contributed by atoms with Crippen LogP contribution in [-0.2, 0) is 17.3 Å². The zero-order chi connectivity index (χ0) is 16.3. The van der Waals surface area contributed by atoms with Crippen molar-refractivity contribution in [3.8, 4) is 0 Å². The molecule has 0 aromatic heterocycles. The van der Waals surface area contributed by atoms with E-state index in [1.165, 1.54) is 25.3 Å². The summed E-state index contributed by atoms with van der Waals surface area (Å²) in [6.45, 7) is 0. The summed E-state index contributed by atoms with van der Waals surface area (Å²) in [6.07, 6.45) is -4.03. The van der Waals surface area contributed by atoms with Crippen molar-refractivity contribution in [2.24, 2.45) is 0 Å². The maximum atomic E-state index is 12.5. The van der Waals surface area contributed by atoms with Gasteiger partial charge in [0.05, 0.1) is 18.2 Å². The number of esters is 1. The molecule has 3 nitrogen and oxygen atoms in total. The molecule has 0 unspecified atom stereocenters. The summed E-state index contributed by atoms with van der Waals surface area (Å²) in [6, 6.07) is 9.75. The van der Waals surface area contributed by atoms with Gasteiger partial charge in [0.15, 0.2) is 0 Å². The number of nitrogen functional groups attached to an aromatic ring is 1. The monoisotopic (exact) mass is 309 g/mol. The van der Waals surface area contributed by atoms with E-state index in [2.05, 4.69) is 4.74 Å². The molecule has 0 atom stereocenters. The zero-order valence-electron chi connectivity index (χ0n) is 11.8. The molecule has 2 aromatic rings. The van der Waals surface area contributed by atoms with Crippen LogP contribution in [0.25, 0.3) is 0 Å². The van der Waals surface area contributed by atoms with Crippen LogP contribution in [0, 0.1) is 0 Å². The van der Waals surface area contributed by atoms with Crippen LogP contribution >= 0.6 is 0 Å². The van der Waals surface area contributed by atoms with E-state index >= 15 is 0 Å². The second-order valence-electron chi connectivity index (χ2n) is 4.74. The molecular weight excluding hydrogens is 295 g/mol. The number of benzene rings is 2. The molecular formula is C16H14F3NO2. The number of methoxy groups -OCH3 is 1. The quantitative estimate of drug-likeness (QED) is 0.695. The standard InChI is InChI=1S/C16H14F3NO2/c1-22-15(21)13-4-2-3-11(14(13)20)9-10-5-7-12(8-6-10)16(17,18)19/h2-8H,9,20H2,1H3. The second-order valence-corrected chi connectivity index (χ2v) is 4.74. The summed E-state index contributed by atoms with van der Waals surface area (Å²) in [5.41, 5.74) is 7.06. The first kappa shape index (κ1) is 15.9. The Morgan fingerprint density at radius 1 is 1.14 bits per heavy atom. The van der Waals surface area contributed by atoms with Gasteiger partial charge in [0.2, 0.25) is 0 Å². The fraction of sp³-hybridized carbons (Fsp3) is 0.188. The van der Waals surface area contributed by atoms with E-state index in [1.54, 1.807) is 12.1 Å². The van der Waals surface area contributed by atoms with Gasteiger partial charge in [-0.15, -0.1) is 0 Å². The SMILES string of the molecule is COC(=O)c1cccc(Cc2ccc(C(F)(F)F)cc2)c1N. The molecule has 0 fully saturated rings. The third-order valence-corrected chi connectivity index (χ3v) is 3.28. The number of rotatable bonds is 3. The van der Waals surface area contributed by atoms with Gasteiger partial charge in [0.1, 0.15) is 0 Å². The Morgan fingerprint density at radius 2 is 1.77 bits per heavy atom. The summed E-state index contributed by atoms with van der Waals surface area (Å²) >= 11 is 0. The van der Waals surface area contributed by atoms with Gasteiger partial charge in [-0.05, 0) is 35.7 Å². The molecule has 22 heavy (non-hydrogen) atoms. The Bertz CT molecular complexity index is 679. The molecule has 2 N–H and O–H groups in total. The van der Waals surface area contributed by atoms with Gasteiger partial charge in [-0.2, -0.15) is 13.2 Å². The molecule has 2 rings (SSSR count). The lowest BCUT2D eigenvalue weighted by Crippen LogP contribution is -2.08. The number of nitrogens with two attached hydrogens (primary N) is 1. The first-order valence-electron chi connectivity index (χ1n) is 6.44. The number of carbonyl (C=O) groups excluding carboxylic acids is 1. The molecule has 0 heterocycles. The fourth-order valence-corrected chi connectivity index (χ4v) is 2.09. The minimum absolute atomic E-state index is 0.243. The molecule has 2 aromatic carbocycles. The normalized spacial score (nSPS) is 11.3. The molecule has 0 bridgehead atoms. The Balaban J connectivity index is 2.26. The number of anilines is 1. The third kappa shape index (κ3) is 3.39. The number of ether oxygens (including phenoxy) is 1. The van der Waals surface area contributed by atoms with Crippen molar-refractivity contribution in [2.75, 3.05) is 12.8 Å². The second kappa shape index (κ2) is 6.09. The summed E-state index contributed by atoms with van der Waals surface area (Å²) in [5.74, 6) is -0.549. The first-order chi connectivity index (χ1) is 10.3. The third-order valence-electron chi connectivity index (χ3n) is 3.28. The molecule has 0 aliphatic rings. The lowest BCUT2D eigenvalue weighted by atomic mass is 9.99. The van der Waals surface area contributed by atoms with Gasteiger partial charge < -0.3 is 10.5 Å². The van der Waals surface area contributed by atoms with Crippen molar-refractivity contribution in [1.29, 1.82) is 0 Å². The maximum Gasteiger partial charge on any atom is 0.416 e. The molecule has 0 aliphatic carbocycles.